The molecule has 21 heavy (non-hydrogen) atoms. The van der Waals surface area contributed by atoms with E-state index < -0.39 is 10.0 Å². The standard InChI is InChI=1S/C13H17N3O2S3/c1-2-14-7-9-6-12(19-8-9)21(17,18)16-13-15-10-4-3-5-11(10)20-13/h6,8,14H,2-5,7H2,1H3,(H,15,16). The summed E-state index contributed by atoms with van der Waals surface area (Å²) in [6.45, 7) is 3.57. The van der Waals surface area contributed by atoms with E-state index in [1.165, 1.54) is 27.6 Å². The second-order valence-electron chi connectivity index (χ2n) is 4.90. The molecular formula is C13H17N3O2S3. The smallest absolute Gasteiger partial charge is 0.273 e. The largest absolute Gasteiger partial charge is 0.313 e. The fourth-order valence-corrected chi connectivity index (χ4v) is 5.75. The summed E-state index contributed by atoms with van der Waals surface area (Å²) in [7, 11) is -3.52. The zero-order valence-electron chi connectivity index (χ0n) is 11.7. The molecular weight excluding hydrogens is 326 g/mol. The van der Waals surface area contributed by atoms with Crippen LogP contribution in [0, 0.1) is 0 Å². The zero-order valence-corrected chi connectivity index (χ0v) is 14.1. The number of aromatic nitrogens is 1. The highest BCUT2D eigenvalue weighted by Gasteiger charge is 2.22. The van der Waals surface area contributed by atoms with Crippen LogP contribution in [0.5, 0.6) is 0 Å². The topological polar surface area (TPSA) is 71.1 Å². The lowest BCUT2D eigenvalue weighted by molar-refractivity contribution is 0.603. The molecule has 114 valence electrons. The van der Waals surface area contributed by atoms with Crippen molar-refractivity contribution in [1.82, 2.24) is 10.3 Å². The first kappa shape index (κ1) is 15.0. The number of fused-ring (bicyclic) bond motifs is 1. The number of thiazole rings is 1. The van der Waals surface area contributed by atoms with Gasteiger partial charge in [-0.05, 0) is 42.8 Å². The molecule has 0 saturated carbocycles. The summed E-state index contributed by atoms with van der Waals surface area (Å²) in [5, 5.41) is 5.55. The summed E-state index contributed by atoms with van der Waals surface area (Å²) in [5.74, 6) is 0. The van der Waals surface area contributed by atoms with Gasteiger partial charge in [-0.2, -0.15) is 0 Å². The molecule has 0 bridgehead atoms. The molecule has 0 atom stereocenters. The van der Waals surface area contributed by atoms with E-state index in [0.29, 0.717) is 15.9 Å². The number of nitrogens with zero attached hydrogens (tertiary/aromatic N) is 1. The fraction of sp³-hybridized carbons (Fsp3) is 0.462. The number of thiophene rings is 1. The number of hydrogen-bond donors (Lipinski definition) is 2. The van der Waals surface area contributed by atoms with Gasteiger partial charge < -0.3 is 5.32 Å². The Morgan fingerprint density at radius 2 is 2.24 bits per heavy atom. The number of nitrogens with one attached hydrogen (secondary N) is 2. The van der Waals surface area contributed by atoms with Crippen molar-refractivity contribution in [2.24, 2.45) is 0 Å². The predicted octanol–water partition coefficient (Wildman–Crippen LogP) is 2.60. The van der Waals surface area contributed by atoms with Gasteiger partial charge in [-0.25, -0.2) is 13.4 Å². The maximum atomic E-state index is 12.4. The average molecular weight is 343 g/mol. The van der Waals surface area contributed by atoms with Crippen molar-refractivity contribution in [3.8, 4) is 0 Å². The minimum Gasteiger partial charge on any atom is -0.313 e. The van der Waals surface area contributed by atoms with E-state index >= 15 is 0 Å². The summed E-state index contributed by atoms with van der Waals surface area (Å²) >= 11 is 2.70. The van der Waals surface area contributed by atoms with E-state index in [1.807, 2.05) is 12.3 Å². The zero-order chi connectivity index (χ0) is 14.9. The highest BCUT2D eigenvalue weighted by molar-refractivity contribution is 7.94. The Bertz CT molecular complexity index is 712. The molecule has 1 aliphatic carbocycles. The van der Waals surface area contributed by atoms with Crippen LogP contribution in [0.2, 0.25) is 0 Å². The van der Waals surface area contributed by atoms with Crippen molar-refractivity contribution < 1.29 is 8.42 Å². The van der Waals surface area contributed by atoms with Crippen LogP contribution in [0.1, 0.15) is 29.5 Å². The van der Waals surface area contributed by atoms with Crippen molar-refractivity contribution in [3.05, 3.63) is 27.6 Å². The second kappa shape index (κ2) is 6.04. The second-order valence-corrected chi connectivity index (χ2v) is 8.81. The van der Waals surface area contributed by atoms with E-state index in [9.17, 15) is 8.42 Å². The van der Waals surface area contributed by atoms with Crippen LogP contribution >= 0.6 is 22.7 Å². The third-order valence-electron chi connectivity index (χ3n) is 3.29. The van der Waals surface area contributed by atoms with Gasteiger partial charge in [0.05, 0.1) is 5.69 Å². The molecule has 0 saturated heterocycles. The first-order chi connectivity index (χ1) is 10.1. The van der Waals surface area contributed by atoms with E-state index in [4.69, 9.17) is 0 Å². The Balaban J connectivity index is 1.75. The quantitative estimate of drug-likeness (QED) is 0.846. The Hall–Kier alpha value is -0.960. The fourth-order valence-electron chi connectivity index (χ4n) is 2.26. The number of aryl methyl sites for hydroxylation is 2. The molecule has 8 heteroatoms. The van der Waals surface area contributed by atoms with Crippen molar-refractivity contribution in [2.75, 3.05) is 11.3 Å². The summed E-state index contributed by atoms with van der Waals surface area (Å²) < 4.78 is 27.7. The van der Waals surface area contributed by atoms with Crippen LogP contribution in [0.4, 0.5) is 5.13 Å². The van der Waals surface area contributed by atoms with E-state index in [0.717, 1.165) is 37.1 Å². The van der Waals surface area contributed by atoms with Gasteiger partial charge in [0, 0.05) is 11.4 Å². The molecule has 0 amide bonds. The lowest BCUT2D eigenvalue weighted by Gasteiger charge is -2.02. The van der Waals surface area contributed by atoms with Gasteiger partial charge in [0.2, 0.25) is 0 Å². The lowest BCUT2D eigenvalue weighted by atomic mass is 10.3. The first-order valence-electron chi connectivity index (χ1n) is 6.88. The molecule has 3 rings (SSSR count). The van der Waals surface area contributed by atoms with Crippen LogP contribution in [0.3, 0.4) is 0 Å². The number of sulfonamides is 1. The number of rotatable bonds is 6. The van der Waals surface area contributed by atoms with Gasteiger partial charge in [-0.15, -0.1) is 22.7 Å². The normalized spacial score (nSPS) is 14.3. The van der Waals surface area contributed by atoms with Crippen LogP contribution in [-0.4, -0.2) is 19.9 Å². The first-order valence-corrected chi connectivity index (χ1v) is 10.1. The third kappa shape index (κ3) is 3.28. The average Bonchev–Trinajstić information content (AvgIpc) is 3.10. The van der Waals surface area contributed by atoms with Gasteiger partial charge >= 0.3 is 0 Å². The Kier molecular flexibility index (Phi) is 4.30. The van der Waals surface area contributed by atoms with Crippen LogP contribution in [0.25, 0.3) is 0 Å². The number of hydrogen-bond acceptors (Lipinski definition) is 6. The van der Waals surface area contributed by atoms with Crippen molar-refractivity contribution in [3.63, 3.8) is 0 Å². The highest BCUT2D eigenvalue weighted by Crippen LogP contribution is 2.32. The Labute approximate surface area is 132 Å². The van der Waals surface area contributed by atoms with Gasteiger partial charge in [0.25, 0.3) is 10.0 Å². The molecule has 0 aromatic carbocycles. The van der Waals surface area contributed by atoms with Gasteiger partial charge in [0.15, 0.2) is 5.13 Å². The predicted molar refractivity (Wildman–Crippen MR) is 86.6 cm³/mol. The summed E-state index contributed by atoms with van der Waals surface area (Å²) in [4.78, 5) is 5.59. The molecule has 2 aromatic rings. The molecule has 0 aliphatic heterocycles. The van der Waals surface area contributed by atoms with Crippen LogP contribution in [0.15, 0.2) is 15.7 Å². The molecule has 0 spiro atoms. The molecule has 0 radical (unpaired) electrons. The maximum absolute atomic E-state index is 12.4. The van der Waals surface area contributed by atoms with E-state index in [-0.39, 0.29) is 0 Å². The third-order valence-corrected chi connectivity index (χ3v) is 7.32. The van der Waals surface area contributed by atoms with Crippen LogP contribution < -0.4 is 10.0 Å². The highest BCUT2D eigenvalue weighted by atomic mass is 32.2. The van der Waals surface area contributed by atoms with Crippen LogP contribution in [-0.2, 0) is 29.4 Å². The lowest BCUT2D eigenvalue weighted by Crippen LogP contribution is -2.12. The monoisotopic (exact) mass is 343 g/mol. The van der Waals surface area contributed by atoms with Crippen molar-refractivity contribution >= 4 is 37.8 Å². The van der Waals surface area contributed by atoms with E-state index in [2.05, 4.69) is 15.0 Å². The SMILES string of the molecule is CCNCc1csc(S(=O)(=O)Nc2nc3c(s2)CCC3)c1. The van der Waals surface area contributed by atoms with Gasteiger partial charge in [-0.1, -0.05) is 6.92 Å². The molecule has 0 unspecified atom stereocenters. The Morgan fingerprint density at radius 1 is 1.38 bits per heavy atom. The maximum Gasteiger partial charge on any atom is 0.273 e. The van der Waals surface area contributed by atoms with Gasteiger partial charge in [-0.3, -0.25) is 4.72 Å². The molecule has 2 N–H and O–H groups in total. The molecule has 0 fully saturated rings. The van der Waals surface area contributed by atoms with Crippen molar-refractivity contribution in [2.45, 2.75) is 36.9 Å². The summed E-state index contributed by atoms with van der Waals surface area (Å²) in [5.41, 5.74) is 2.04. The van der Waals surface area contributed by atoms with Gasteiger partial charge in [0.1, 0.15) is 4.21 Å². The molecule has 1 aliphatic rings. The van der Waals surface area contributed by atoms with Crippen molar-refractivity contribution in [1.29, 1.82) is 0 Å². The minimum absolute atomic E-state index is 0.339. The summed E-state index contributed by atoms with van der Waals surface area (Å²) in [6.07, 6.45) is 3.10. The Morgan fingerprint density at radius 3 is 3.00 bits per heavy atom. The number of anilines is 1. The minimum atomic E-state index is -3.52. The molecule has 2 aromatic heterocycles. The molecule has 5 nitrogen and oxygen atoms in total. The molecule has 2 heterocycles. The summed E-state index contributed by atoms with van der Waals surface area (Å²) in [6, 6.07) is 1.72. The van der Waals surface area contributed by atoms with E-state index in [1.54, 1.807) is 6.07 Å².